The van der Waals surface area contributed by atoms with E-state index in [4.69, 9.17) is 0 Å². The van der Waals surface area contributed by atoms with Crippen LogP contribution in [0.4, 0.5) is 0 Å². The number of hydrogen-bond acceptors (Lipinski definition) is 5. The van der Waals surface area contributed by atoms with Gasteiger partial charge < -0.3 is 0 Å². The molecule has 0 aliphatic carbocycles. The third-order valence-electron chi connectivity index (χ3n) is 3.35. The van der Waals surface area contributed by atoms with Crippen LogP contribution in [0, 0.1) is 0 Å². The highest BCUT2D eigenvalue weighted by Gasteiger charge is 2.11. The van der Waals surface area contributed by atoms with Gasteiger partial charge in [-0.3, -0.25) is 14.9 Å². The molecule has 0 bridgehead atoms. The summed E-state index contributed by atoms with van der Waals surface area (Å²) in [5.41, 5.74) is 1.06. The van der Waals surface area contributed by atoms with Crippen LogP contribution >= 0.6 is 0 Å². The molecule has 0 radical (unpaired) electrons. The summed E-state index contributed by atoms with van der Waals surface area (Å²) >= 11 is 0. The van der Waals surface area contributed by atoms with Crippen molar-refractivity contribution in [3.8, 4) is 22.8 Å². The Morgan fingerprint density at radius 1 is 1.09 bits per heavy atom. The fraction of sp³-hybridized carbons (Fsp3) is 0. The summed E-state index contributed by atoms with van der Waals surface area (Å²) in [5, 5.41) is 7.03. The minimum Gasteiger partial charge on any atom is -0.296 e. The summed E-state index contributed by atoms with van der Waals surface area (Å²) in [6, 6.07) is 7.09. The quantitative estimate of drug-likeness (QED) is 0.614. The van der Waals surface area contributed by atoms with Crippen LogP contribution in [-0.2, 0) is 0 Å². The zero-order valence-electron chi connectivity index (χ0n) is 11.9. The zero-order chi connectivity index (χ0) is 15.6. The summed E-state index contributed by atoms with van der Waals surface area (Å²) in [6.45, 7) is 0. The van der Waals surface area contributed by atoms with Gasteiger partial charge in [0.25, 0.3) is 5.56 Å². The number of aromatic amines is 1. The molecule has 112 valence electrons. The molecule has 0 saturated carbocycles. The molecule has 1 N–H and O–H groups in total. The van der Waals surface area contributed by atoms with Crippen molar-refractivity contribution in [3.63, 3.8) is 0 Å². The first-order valence-electron chi connectivity index (χ1n) is 6.86. The lowest BCUT2D eigenvalue weighted by Gasteiger charge is -2.03. The number of pyridine rings is 1. The van der Waals surface area contributed by atoms with Gasteiger partial charge in [0, 0.05) is 42.6 Å². The maximum atomic E-state index is 12.6. The number of aromatic nitrogens is 7. The Kier molecular flexibility index (Phi) is 3.05. The van der Waals surface area contributed by atoms with Crippen LogP contribution in [0.5, 0.6) is 0 Å². The van der Waals surface area contributed by atoms with Crippen LogP contribution in [0.1, 0.15) is 0 Å². The van der Waals surface area contributed by atoms with Gasteiger partial charge >= 0.3 is 0 Å². The molecular weight excluding hydrogens is 294 g/mol. The number of H-pyrrole nitrogens is 1. The first-order chi connectivity index (χ1) is 11.3. The normalized spacial score (nSPS) is 10.8. The fourth-order valence-electron chi connectivity index (χ4n) is 2.26. The van der Waals surface area contributed by atoms with Crippen molar-refractivity contribution < 1.29 is 0 Å². The number of nitrogens with one attached hydrogen (secondary N) is 1. The van der Waals surface area contributed by atoms with E-state index in [1.807, 2.05) is 6.07 Å². The molecule has 0 aliphatic rings. The maximum absolute atomic E-state index is 12.6. The van der Waals surface area contributed by atoms with Crippen molar-refractivity contribution >= 4 is 0 Å². The Balaban J connectivity index is 1.79. The molecule has 4 aromatic heterocycles. The molecule has 0 spiro atoms. The average molecular weight is 305 g/mol. The van der Waals surface area contributed by atoms with Crippen molar-refractivity contribution in [1.29, 1.82) is 0 Å². The summed E-state index contributed by atoms with van der Waals surface area (Å²) in [7, 11) is 0. The van der Waals surface area contributed by atoms with Gasteiger partial charge in [0.1, 0.15) is 6.33 Å². The Hall–Kier alpha value is -3.55. The van der Waals surface area contributed by atoms with Gasteiger partial charge in [-0.05, 0) is 12.1 Å². The minimum absolute atomic E-state index is 0.205. The van der Waals surface area contributed by atoms with Crippen LogP contribution in [-0.4, -0.2) is 34.5 Å². The molecule has 8 heteroatoms. The Morgan fingerprint density at radius 3 is 2.78 bits per heavy atom. The van der Waals surface area contributed by atoms with Gasteiger partial charge in [-0.2, -0.15) is 5.10 Å². The molecule has 8 nitrogen and oxygen atoms in total. The second-order valence-corrected chi connectivity index (χ2v) is 4.75. The van der Waals surface area contributed by atoms with Gasteiger partial charge in [-0.25, -0.2) is 19.3 Å². The molecule has 0 atom stereocenters. The molecule has 0 unspecified atom stereocenters. The molecule has 0 fully saturated rings. The summed E-state index contributed by atoms with van der Waals surface area (Å²) in [4.78, 5) is 24.9. The minimum atomic E-state index is -0.205. The van der Waals surface area contributed by atoms with Crippen LogP contribution in [0.15, 0.2) is 66.4 Å². The first-order valence-corrected chi connectivity index (χ1v) is 6.86. The van der Waals surface area contributed by atoms with Crippen molar-refractivity contribution in [2.75, 3.05) is 0 Å². The summed E-state index contributed by atoms with van der Waals surface area (Å²) in [6.07, 6.45) is 9.76. The van der Waals surface area contributed by atoms with Gasteiger partial charge in [-0.15, -0.1) is 0 Å². The van der Waals surface area contributed by atoms with Crippen LogP contribution in [0.2, 0.25) is 0 Å². The molecular formula is C15H11N7O. The van der Waals surface area contributed by atoms with Crippen molar-refractivity contribution in [2.45, 2.75) is 0 Å². The number of rotatable bonds is 3. The molecule has 0 amide bonds. The molecule has 4 aromatic rings. The van der Waals surface area contributed by atoms with Gasteiger partial charge in [0.15, 0.2) is 11.6 Å². The monoisotopic (exact) mass is 305 g/mol. The summed E-state index contributed by atoms with van der Waals surface area (Å²) in [5.74, 6) is 1.01. The highest BCUT2D eigenvalue weighted by atomic mass is 16.1. The van der Waals surface area contributed by atoms with Gasteiger partial charge in [-0.1, -0.05) is 6.07 Å². The van der Waals surface area contributed by atoms with Crippen molar-refractivity contribution in [1.82, 2.24) is 34.5 Å². The lowest BCUT2D eigenvalue weighted by molar-refractivity contribution is 0.789. The van der Waals surface area contributed by atoms with E-state index in [1.54, 1.807) is 53.9 Å². The van der Waals surface area contributed by atoms with Crippen molar-refractivity contribution in [3.05, 3.63) is 71.9 Å². The van der Waals surface area contributed by atoms with E-state index >= 15 is 0 Å². The predicted octanol–water partition coefficient (Wildman–Crippen LogP) is 1.20. The molecule has 0 aliphatic heterocycles. The second kappa shape index (κ2) is 5.34. The van der Waals surface area contributed by atoms with E-state index in [9.17, 15) is 4.79 Å². The van der Waals surface area contributed by atoms with E-state index in [2.05, 4.69) is 25.1 Å². The van der Waals surface area contributed by atoms with Crippen molar-refractivity contribution in [2.24, 2.45) is 0 Å². The smallest absolute Gasteiger partial charge is 0.280 e. The molecule has 23 heavy (non-hydrogen) atoms. The van der Waals surface area contributed by atoms with E-state index in [0.29, 0.717) is 17.2 Å². The topological polar surface area (TPSA) is 94.3 Å². The second-order valence-electron chi connectivity index (χ2n) is 4.75. The predicted molar refractivity (Wildman–Crippen MR) is 82.3 cm³/mol. The lowest BCUT2D eigenvalue weighted by atomic mass is 10.2. The van der Waals surface area contributed by atoms with E-state index in [-0.39, 0.29) is 5.56 Å². The third kappa shape index (κ3) is 2.31. The average Bonchev–Trinajstić information content (AvgIpc) is 3.26. The third-order valence-corrected chi connectivity index (χ3v) is 3.35. The summed E-state index contributed by atoms with van der Waals surface area (Å²) < 4.78 is 2.96. The van der Waals surface area contributed by atoms with Gasteiger partial charge in [0.05, 0.1) is 5.56 Å². The molecule has 0 aromatic carbocycles. The van der Waals surface area contributed by atoms with Crippen LogP contribution in [0.3, 0.4) is 0 Å². The number of hydrogen-bond donors (Lipinski definition) is 1. The zero-order valence-corrected chi connectivity index (χ0v) is 11.9. The molecule has 4 heterocycles. The van der Waals surface area contributed by atoms with Crippen LogP contribution in [0.25, 0.3) is 22.8 Å². The first kappa shape index (κ1) is 13.1. The standard InChI is InChI=1S/C15H11N7O/c23-15-12(11-3-1-4-16-8-11)9-20-22(15)14-7-13(17-10-18-14)21-6-2-5-19-21/h1-10,20H. The lowest BCUT2D eigenvalue weighted by Crippen LogP contribution is -2.17. The SMILES string of the molecule is O=c1c(-c2cccnc2)c[nH]n1-c1cc(-n2cccn2)ncn1. The van der Waals surface area contributed by atoms with Gasteiger partial charge in [0.2, 0.25) is 0 Å². The highest BCUT2D eigenvalue weighted by molar-refractivity contribution is 5.60. The highest BCUT2D eigenvalue weighted by Crippen LogP contribution is 2.14. The Bertz CT molecular complexity index is 986. The Morgan fingerprint density at radius 2 is 2.00 bits per heavy atom. The fourth-order valence-corrected chi connectivity index (χ4v) is 2.26. The van der Waals surface area contributed by atoms with Crippen LogP contribution < -0.4 is 5.56 Å². The van der Waals surface area contributed by atoms with E-state index < -0.39 is 0 Å². The van der Waals surface area contributed by atoms with E-state index in [0.717, 1.165) is 5.56 Å². The maximum Gasteiger partial charge on any atom is 0.280 e. The largest absolute Gasteiger partial charge is 0.296 e. The molecule has 0 saturated heterocycles. The molecule has 4 rings (SSSR count). The van der Waals surface area contributed by atoms with E-state index in [1.165, 1.54) is 11.0 Å². The Labute approximate surface area is 130 Å². The number of nitrogens with zero attached hydrogens (tertiary/aromatic N) is 6.